The van der Waals surface area contributed by atoms with Gasteiger partial charge in [0.05, 0.1) is 6.10 Å². The Kier molecular flexibility index (Phi) is 3.61. The highest BCUT2D eigenvalue weighted by molar-refractivity contribution is 5.20. The topological polar surface area (TPSA) is 20.2 Å². The lowest BCUT2D eigenvalue weighted by Crippen LogP contribution is -2.27. The normalized spacial score (nSPS) is 21.8. The van der Waals surface area contributed by atoms with Crippen molar-refractivity contribution >= 4 is 0 Å². The molecule has 1 unspecified atom stereocenters. The summed E-state index contributed by atoms with van der Waals surface area (Å²) in [6, 6.07) is 3.15. The maximum Gasteiger partial charge on any atom is 0.248 e. The minimum Gasteiger partial charge on any atom is -0.388 e. The summed E-state index contributed by atoms with van der Waals surface area (Å²) in [5.41, 5.74) is 0.240. The SMILES string of the molecule is OC(c1ccc(F)c(F)c1)C1CCC(F)(F)CC1. The van der Waals surface area contributed by atoms with E-state index in [1.165, 1.54) is 6.07 Å². The maximum atomic E-state index is 13.0. The molecule has 0 bridgehead atoms. The molecule has 5 heteroatoms. The third-order valence-electron chi connectivity index (χ3n) is 3.49. The summed E-state index contributed by atoms with van der Waals surface area (Å²) in [5.74, 6) is -5.01. The summed E-state index contributed by atoms with van der Waals surface area (Å²) >= 11 is 0. The van der Waals surface area contributed by atoms with Crippen LogP contribution in [0.4, 0.5) is 17.6 Å². The second-order valence-corrected chi connectivity index (χ2v) is 4.81. The lowest BCUT2D eigenvalue weighted by molar-refractivity contribution is -0.0627. The van der Waals surface area contributed by atoms with Gasteiger partial charge >= 0.3 is 0 Å². The summed E-state index contributed by atoms with van der Waals surface area (Å²) in [7, 11) is 0. The molecule has 1 aliphatic carbocycles. The average Bonchev–Trinajstić information content (AvgIpc) is 2.32. The molecule has 1 atom stereocenters. The van der Waals surface area contributed by atoms with Gasteiger partial charge in [0.1, 0.15) is 0 Å². The Balaban J connectivity index is 2.07. The quantitative estimate of drug-likeness (QED) is 0.803. The first kappa shape index (κ1) is 13.3. The number of hydrogen-bond acceptors (Lipinski definition) is 1. The molecular weight excluding hydrogens is 248 g/mol. The molecule has 0 radical (unpaired) electrons. The van der Waals surface area contributed by atoms with Gasteiger partial charge in [-0.3, -0.25) is 0 Å². The first-order valence-electron chi connectivity index (χ1n) is 5.90. The van der Waals surface area contributed by atoms with Gasteiger partial charge in [-0.05, 0) is 36.5 Å². The van der Waals surface area contributed by atoms with Gasteiger partial charge in [-0.25, -0.2) is 17.6 Å². The molecular formula is C13H14F4O. The van der Waals surface area contributed by atoms with Crippen LogP contribution >= 0.6 is 0 Å². The van der Waals surface area contributed by atoms with Crippen LogP contribution in [0.1, 0.15) is 37.4 Å². The zero-order chi connectivity index (χ0) is 13.3. The molecule has 0 spiro atoms. The maximum absolute atomic E-state index is 13.0. The number of aliphatic hydroxyl groups is 1. The minimum absolute atomic E-state index is 0.188. The van der Waals surface area contributed by atoms with Crippen LogP contribution in [-0.2, 0) is 0 Å². The number of hydrogen-bond donors (Lipinski definition) is 1. The molecule has 1 aromatic carbocycles. The summed E-state index contributed by atoms with van der Waals surface area (Å²) < 4.78 is 51.7. The summed E-state index contributed by atoms with van der Waals surface area (Å²) in [4.78, 5) is 0. The van der Waals surface area contributed by atoms with Gasteiger partial charge in [-0.15, -0.1) is 0 Å². The zero-order valence-electron chi connectivity index (χ0n) is 9.67. The van der Waals surface area contributed by atoms with E-state index in [0.717, 1.165) is 12.1 Å². The fraction of sp³-hybridized carbons (Fsp3) is 0.538. The molecule has 2 rings (SSSR count). The predicted molar refractivity (Wildman–Crippen MR) is 58.2 cm³/mol. The van der Waals surface area contributed by atoms with Crippen LogP contribution in [0.3, 0.4) is 0 Å². The van der Waals surface area contributed by atoms with Crippen molar-refractivity contribution < 1.29 is 22.7 Å². The number of aliphatic hydroxyl groups excluding tert-OH is 1. The number of alkyl halides is 2. The largest absolute Gasteiger partial charge is 0.388 e. The third-order valence-corrected chi connectivity index (χ3v) is 3.49. The molecule has 1 nitrogen and oxygen atoms in total. The first-order chi connectivity index (χ1) is 8.39. The zero-order valence-corrected chi connectivity index (χ0v) is 9.67. The van der Waals surface area contributed by atoms with E-state index in [2.05, 4.69) is 0 Å². The van der Waals surface area contributed by atoms with E-state index in [4.69, 9.17) is 0 Å². The number of benzene rings is 1. The van der Waals surface area contributed by atoms with E-state index in [0.29, 0.717) is 0 Å². The molecule has 0 heterocycles. The molecule has 0 aromatic heterocycles. The van der Waals surface area contributed by atoms with Crippen molar-refractivity contribution in [2.45, 2.75) is 37.7 Å². The van der Waals surface area contributed by atoms with Crippen molar-refractivity contribution in [1.82, 2.24) is 0 Å². The Hall–Kier alpha value is -1.10. The molecule has 0 saturated heterocycles. The van der Waals surface area contributed by atoms with E-state index in [9.17, 15) is 22.7 Å². The van der Waals surface area contributed by atoms with Crippen LogP contribution in [0.25, 0.3) is 0 Å². The highest BCUT2D eigenvalue weighted by Gasteiger charge is 2.37. The first-order valence-corrected chi connectivity index (χ1v) is 5.90. The van der Waals surface area contributed by atoms with Crippen LogP contribution in [0, 0.1) is 17.6 Å². The lowest BCUT2D eigenvalue weighted by atomic mass is 9.81. The molecule has 100 valence electrons. The lowest BCUT2D eigenvalue weighted by Gasteiger charge is -2.31. The van der Waals surface area contributed by atoms with Gasteiger partial charge in [0, 0.05) is 12.8 Å². The van der Waals surface area contributed by atoms with Gasteiger partial charge in [0.2, 0.25) is 5.92 Å². The molecule has 0 aliphatic heterocycles. The third kappa shape index (κ3) is 2.83. The Morgan fingerprint density at radius 1 is 1.11 bits per heavy atom. The second kappa shape index (κ2) is 4.88. The Bertz CT molecular complexity index is 423. The molecule has 1 aromatic rings. The van der Waals surface area contributed by atoms with Crippen LogP contribution in [0.2, 0.25) is 0 Å². The van der Waals surface area contributed by atoms with Gasteiger partial charge in [-0.1, -0.05) is 6.07 Å². The average molecular weight is 262 g/mol. The van der Waals surface area contributed by atoms with Crippen molar-refractivity contribution in [3.05, 3.63) is 35.4 Å². The van der Waals surface area contributed by atoms with Crippen molar-refractivity contribution in [2.75, 3.05) is 0 Å². The predicted octanol–water partition coefficient (Wildman–Crippen LogP) is 3.82. The molecule has 1 fully saturated rings. The van der Waals surface area contributed by atoms with Crippen LogP contribution in [0.5, 0.6) is 0 Å². The molecule has 1 aliphatic rings. The van der Waals surface area contributed by atoms with Gasteiger partial charge in [0.15, 0.2) is 11.6 Å². The highest BCUT2D eigenvalue weighted by Crippen LogP contribution is 2.41. The molecule has 1 saturated carbocycles. The standard InChI is InChI=1S/C13H14F4O/c14-10-2-1-9(7-11(10)15)12(18)8-3-5-13(16,17)6-4-8/h1-2,7-8,12,18H,3-6H2. The minimum atomic E-state index is -2.66. The highest BCUT2D eigenvalue weighted by atomic mass is 19.3. The summed E-state index contributed by atoms with van der Waals surface area (Å²) in [6.45, 7) is 0. The van der Waals surface area contributed by atoms with Gasteiger partial charge in [-0.2, -0.15) is 0 Å². The van der Waals surface area contributed by atoms with E-state index in [-0.39, 0.29) is 37.2 Å². The Morgan fingerprint density at radius 3 is 2.28 bits per heavy atom. The van der Waals surface area contributed by atoms with Crippen LogP contribution < -0.4 is 0 Å². The van der Waals surface area contributed by atoms with Crippen molar-refractivity contribution in [2.24, 2.45) is 5.92 Å². The summed E-state index contributed by atoms with van der Waals surface area (Å²) in [5, 5.41) is 10.00. The molecule has 0 amide bonds. The number of halogens is 4. The van der Waals surface area contributed by atoms with Crippen LogP contribution in [-0.4, -0.2) is 11.0 Å². The molecule has 1 N–H and O–H groups in total. The fourth-order valence-electron chi connectivity index (χ4n) is 2.35. The smallest absolute Gasteiger partial charge is 0.248 e. The van der Waals surface area contributed by atoms with Crippen LogP contribution in [0.15, 0.2) is 18.2 Å². The van der Waals surface area contributed by atoms with E-state index >= 15 is 0 Å². The van der Waals surface area contributed by atoms with Gasteiger partial charge in [0.25, 0.3) is 0 Å². The second-order valence-electron chi connectivity index (χ2n) is 4.81. The van der Waals surface area contributed by atoms with Crippen molar-refractivity contribution in [3.63, 3.8) is 0 Å². The monoisotopic (exact) mass is 262 g/mol. The van der Waals surface area contributed by atoms with E-state index in [1.807, 2.05) is 0 Å². The molecule has 18 heavy (non-hydrogen) atoms. The van der Waals surface area contributed by atoms with Crippen molar-refractivity contribution in [1.29, 1.82) is 0 Å². The Morgan fingerprint density at radius 2 is 1.72 bits per heavy atom. The Labute approximate surface area is 102 Å². The van der Waals surface area contributed by atoms with Gasteiger partial charge < -0.3 is 5.11 Å². The van der Waals surface area contributed by atoms with E-state index in [1.54, 1.807) is 0 Å². The fourth-order valence-corrected chi connectivity index (χ4v) is 2.35. The van der Waals surface area contributed by atoms with E-state index < -0.39 is 23.7 Å². The number of rotatable bonds is 2. The van der Waals surface area contributed by atoms with Crippen molar-refractivity contribution in [3.8, 4) is 0 Å². The summed E-state index contributed by atoms with van der Waals surface area (Å²) in [6.07, 6.45) is -1.17.